The van der Waals surface area contributed by atoms with Crippen molar-refractivity contribution in [3.63, 3.8) is 0 Å². The van der Waals surface area contributed by atoms with Crippen molar-refractivity contribution in [1.82, 2.24) is 4.90 Å². The van der Waals surface area contributed by atoms with Crippen molar-refractivity contribution in [3.05, 3.63) is 47.5 Å². The fraction of sp³-hybridized carbons (Fsp3) is 0.440. The molecule has 0 radical (unpaired) electrons. The van der Waals surface area contributed by atoms with Crippen molar-refractivity contribution in [2.24, 2.45) is 5.92 Å². The van der Waals surface area contributed by atoms with Gasteiger partial charge in [-0.1, -0.05) is 25.5 Å². The molecular formula is C25H32N2O5. The Bertz CT molecular complexity index is 958. The van der Waals surface area contributed by atoms with Crippen LogP contribution in [0.25, 0.3) is 0 Å². The maximum absolute atomic E-state index is 13.4. The minimum Gasteiger partial charge on any atom is -0.497 e. The summed E-state index contributed by atoms with van der Waals surface area (Å²) in [6.07, 6.45) is 2.04. The number of carbonyl (C=O) groups is 2. The van der Waals surface area contributed by atoms with Crippen molar-refractivity contribution >= 4 is 17.5 Å². The summed E-state index contributed by atoms with van der Waals surface area (Å²) in [6, 6.07) is 10.8. The average molecular weight is 441 g/mol. The van der Waals surface area contributed by atoms with E-state index in [0.29, 0.717) is 23.7 Å². The summed E-state index contributed by atoms with van der Waals surface area (Å²) >= 11 is 0. The van der Waals surface area contributed by atoms with E-state index in [2.05, 4.69) is 12.2 Å². The Morgan fingerprint density at radius 1 is 1.06 bits per heavy atom. The van der Waals surface area contributed by atoms with Crippen molar-refractivity contribution in [2.75, 3.05) is 33.2 Å². The SMILES string of the molecule is CCCCN1C(=O)C[C@@H](C(=O)Nc2cc(OC)c(OC)cc2C)[C@H]1c1ccc(OC)cc1. The first-order valence-electron chi connectivity index (χ1n) is 10.9. The van der Waals surface area contributed by atoms with Crippen LogP contribution in [0, 0.1) is 12.8 Å². The molecule has 2 aromatic carbocycles. The van der Waals surface area contributed by atoms with Gasteiger partial charge in [0.15, 0.2) is 11.5 Å². The van der Waals surface area contributed by atoms with Gasteiger partial charge < -0.3 is 24.4 Å². The number of unbranched alkanes of at least 4 members (excludes halogenated alkanes) is 1. The van der Waals surface area contributed by atoms with Crippen LogP contribution >= 0.6 is 0 Å². The number of methoxy groups -OCH3 is 3. The highest BCUT2D eigenvalue weighted by Crippen LogP contribution is 2.40. The first-order chi connectivity index (χ1) is 15.4. The molecule has 172 valence electrons. The number of hydrogen-bond donors (Lipinski definition) is 1. The minimum atomic E-state index is -0.500. The van der Waals surface area contributed by atoms with E-state index in [1.54, 1.807) is 27.4 Å². The van der Waals surface area contributed by atoms with Crippen LogP contribution in [-0.2, 0) is 9.59 Å². The molecule has 0 saturated carbocycles. The molecule has 2 amide bonds. The van der Waals surface area contributed by atoms with Crippen molar-refractivity contribution in [2.45, 2.75) is 39.2 Å². The van der Waals surface area contributed by atoms with Gasteiger partial charge in [-0.25, -0.2) is 0 Å². The van der Waals surface area contributed by atoms with Gasteiger partial charge in [0, 0.05) is 24.7 Å². The van der Waals surface area contributed by atoms with Crippen molar-refractivity contribution in [1.29, 1.82) is 0 Å². The fourth-order valence-corrected chi connectivity index (χ4v) is 4.17. The lowest BCUT2D eigenvalue weighted by Crippen LogP contribution is -2.33. The van der Waals surface area contributed by atoms with Gasteiger partial charge >= 0.3 is 0 Å². The third kappa shape index (κ3) is 4.82. The molecule has 1 aliphatic heterocycles. The highest BCUT2D eigenvalue weighted by Gasteiger charge is 2.44. The number of aryl methyl sites for hydroxylation is 1. The number of nitrogens with one attached hydrogen (secondary N) is 1. The fourth-order valence-electron chi connectivity index (χ4n) is 4.17. The molecule has 7 nitrogen and oxygen atoms in total. The lowest BCUT2D eigenvalue weighted by molar-refractivity contribution is -0.129. The molecule has 1 heterocycles. The van der Waals surface area contributed by atoms with E-state index >= 15 is 0 Å². The monoisotopic (exact) mass is 440 g/mol. The van der Waals surface area contributed by atoms with Gasteiger partial charge in [0.25, 0.3) is 0 Å². The van der Waals surface area contributed by atoms with Crippen LogP contribution in [-0.4, -0.2) is 44.6 Å². The third-order valence-electron chi connectivity index (χ3n) is 5.97. The zero-order chi connectivity index (χ0) is 23.3. The van der Waals surface area contributed by atoms with Gasteiger partial charge in [0.05, 0.1) is 33.3 Å². The molecule has 1 fully saturated rings. The summed E-state index contributed by atoms with van der Waals surface area (Å²) in [6.45, 7) is 4.62. The van der Waals surface area contributed by atoms with Gasteiger partial charge in [-0.15, -0.1) is 0 Å². The number of likely N-dealkylation sites (tertiary alicyclic amines) is 1. The number of benzene rings is 2. The van der Waals surface area contributed by atoms with Gasteiger partial charge in [0.2, 0.25) is 11.8 Å². The topological polar surface area (TPSA) is 77.1 Å². The molecule has 0 spiro atoms. The van der Waals surface area contributed by atoms with Gasteiger partial charge in [-0.3, -0.25) is 9.59 Å². The summed E-state index contributed by atoms with van der Waals surface area (Å²) in [7, 11) is 4.74. The minimum absolute atomic E-state index is 0.00320. The quantitative estimate of drug-likeness (QED) is 0.627. The van der Waals surface area contributed by atoms with Gasteiger partial charge in [0.1, 0.15) is 5.75 Å². The van der Waals surface area contributed by atoms with Gasteiger partial charge in [-0.05, 0) is 42.7 Å². The molecule has 0 bridgehead atoms. The molecule has 2 aromatic rings. The van der Waals surface area contributed by atoms with Crippen LogP contribution in [0.15, 0.2) is 36.4 Å². The van der Waals surface area contributed by atoms with E-state index in [1.807, 2.05) is 42.2 Å². The lowest BCUT2D eigenvalue weighted by atomic mass is 9.92. The Morgan fingerprint density at radius 2 is 1.72 bits per heavy atom. The highest BCUT2D eigenvalue weighted by atomic mass is 16.5. The second-order valence-electron chi connectivity index (χ2n) is 7.98. The number of hydrogen-bond acceptors (Lipinski definition) is 5. The Hall–Kier alpha value is -3.22. The summed E-state index contributed by atoms with van der Waals surface area (Å²) in [4.78, 5) is 28.1. The van der Waals surface area contributed by atoms with Crippen LogP contribution in [0.1, 0.15) is 43.4 Å². The largest absolute Gasteiger partial charge is 0.497 e. The van der Waals surface area contributed by atoms with Crippen LogP contribution in [0.5, 0.6) is 17.2 Å². The summed E-state index contributed by atoms with van der Waals surface area (Å²) in [5.41, 5.74) is 2.42. The molecule has 32 heavy (non-hydrogen) atoms. The number of anilines is 1. The first kappa shape index (κ1) is 23.4. The molecule has 0 unspecified atom stereocenters. The van der Waals surface area contributed by atoms with Crippen LogP contribution < -0.4 is 19.5 Å². The Kier molecular flexibility index (Phi) is 7.62. The Labute approximate surface area is 189 Å². The van der Waals surface area contributed by atoms with Crippen molar-refractivity contribution < 1.29 is 23.8 Å². The second kappa shape index (κ2) is 10.4. The lowest BCUT2D eigenvalue weighted by Gasteiger charge is -2.28. The standard InChI is InChI=1S/C25H32N2O5/c1-6-7-12-27-23(28)14-19(24(27)17-8-10-18(30-3)11-9-17)25(29)26-20-15-22(32-5)21(31-4)13-16(20)2/h8-11,13,15,19,24H,6-7,12,14H2,1-5H3,(H,26,29)/t19-,24-/m1/s1. The van der Waals surface area contributed by atoms with E-state index < -0.39 is 5.92 Å². The molecular weight excluding hydrogens is 408 g/mol. The molecule has 1 aliphatic rings. The van der Waals surface area contributed by atoms with E-state index in [4.69, 9.17) is 14.2 Å². The zero-order valence-corrected chi connectivity index (χ0v) is 19.4. The van der Waals surface area contributed by atoms with Crippen LogP contribution in [0.4, 0.5) is 5.69 Å². The molecule has 0 aromatic heterocycles. The van der Waals surface area contributed by atoms with Crippen molar-refractivity contribution in [3.8, 4) is 17.2 Å². The maximum Gasteiger partial charge on any atom is 0.230 e. The molecule has 3 rings (SSSR count). The maximum atomic E-state index is 13.4. The van der Waals surface area contributed by atoms with E-state index in [-0.39, 0.29) is 24.3 Å². The summed E-state index contributed by atoms with van der Waals surface area (Å²) in [5.74, 6) is 1.19. The molecule has 1 saturated heterocycles. The summed E-state index contributed by atoms with van der Waals surface area (Å²) < 4.78 is 16.0. The van der Waals surface area contributed by atoms with Gasteiger partial charge in [-0.2, -0.15) is 0 Å². The number of nitrogens with zero attached hydrogens (tertiary/aromatic N) is 1. The Balaban J connectivity index is 1.91. The predicted octanol–water partition coefficient (Wildman–Crippen LogP) is 4.35. The third-order valence-corrected chi connectivity index (χ3v) is 5.97. The molecule has 7 heteroatoms. The molecule has 2 atom stereocenters. The van der Waals surface area contributed by atoms with Crippen LogP contribution in [0.2, 0.25) is 0 Å². The first-order valence-corrected chi connectivity index (χ1v) is 10.9. The zero-order valence-electron chi connectivity index (χ0n) is 19.4. The number of carbonyl (C=O) groups excluding carboxylic acids is 2. The van der Waals surface area contributed by atoms with E-state index in [0.717, 1.165) is 29.7 Å². The van der Waals surface area contributed by atoms with E-state index in [1.165, 1.54) is 0 Å². The summed E-state index contributed by atoms with van der Waals surface area (Å²) in [5, 5.41) is 3.02. The second-order valence-corrected chi connectivity index (χ2v) is 7.98. The Morgan fingerprint density at radius 3 is 2.31 bits per heavy atom. The number of rotatable bonds is 9. The normalized spacial score (nSPS) is 17.9. The van der Waals surface area contributed by atoms with E-state index in [9.17, 15) is 9.59 Å². The predicted molar refractivity (Wildman–Crippen MR) is 123 cm³/mol. The van der Waals surface area contributed by atoms with Crippen LogP contribution in [0.3, 0.4) is 0 Å². The average Bonchev–Trinajstić information content (AvgIpc) is 3.14. The molecule has 0 aliphatic carbocycles. The highest BCUT2D eigenvalue weighted by molar-refractivity contribution is 5.98. The number of ether oxygens (including phenoxy) is 3. The molecule has 1 N–H and O–H groups in total. The number of amides is 2. The smallest absolute Gasteiger partial charge is 0.230 e.